The molecule has 2 aliphatic rings. The number of benzene rings is 1. The second-order valence-corrected chi connectivity index (χ2v) is 6.63. The lowest BCUT2D eigenvalue weighted by molar-refractivity contribution is -0.116. The molecule has 1 aliphatic heterocycles. The average molecular weight is 332 g/mol. The van der Waals surface area contributed by atoms with Crippen molar-refractivity contribution in [3.8, 4) is 11.4 Å². The van der Waals surface area contributed by atoms with Gasteiger partial charge in [-0.1, -0.05) is 30.3 Å². The zero-order valence-corrected chi connectivity index (χ0v) is 14.2. The Balaban J connectivity index is 1.64. The van der Waals surface area contributed by atoms with Gasteiger partial charge in [0.15, 0.2) is 5.82 Å². The predicted octanol–water partition coefficient (Wildman–Crippen LogP) is 3.44. The summed E-state index contributed by atoms with van der Waals surface area (Å²) in [6, 6.07) is 9.83. The Morgan fingerprint density at radius 3 is 2.76 bits per heavy atom. The Morgan fingerprint density at radius 2 is 2.04 bits per heavy atom. The number of aliphatic imine (C=N–C) groups is 1. The molecule has 126 valence electrons. The molecule has 2 aromatic rings. The summed E-state index contributed by atoms with van der Waals surface area (Å²) in [7, 11) is 0. The zero-order chi connectivity index (χ0) is 17.2. The van der Waals surface area contributed by atoms with Gasteiger partial charge in [0.25, 0.3) is 0 Å². The highest BCUT2D eigenvalue weighted by molar-refractivity contribution is 6.06. The van der Waals surface area contributed by atoms with Gasteiger partial charge in [-0.05, 0) is 37.3 Å². The van der Waals surface area contributed by atoms with Crippen LogP contribution in [0.2, 0.25) is 0 Å². The van der Waals surface area contributed by atoms with Crippen molar-refractivity contribution in [2.45, 2.75) is 26.2 Å². The fraction of sp³-hybridized carbons (Fsp3) is 0.300. The Kier molecular flexibility index (Phi) is 4.14. The van der Waals surface area contributed by atoms with Gasteiger partial charge in [0.1, 0.15) is 17.4 Å². The normalized spacial score (nSPS) is 16.4. The number of rotatable bonds is 5. The lowest BCUT2D eigenvalue weighted by atomic mass is 10.1. The number of anilines is 1. The summed E-state index contributed by atoms with van der Waals surface area (Å²) < 4.78 is 0. The number of hydrogen-bond donors (Lipinski definition) is 1. The maximum Gasteiger partial charge on any atom is 0.161 e. The molecule has 1 N–H and O–H groups in total. The largest absolute Gasteiger partial charge is 0.325 e. The maximum atomic E-state index is 11.6. The van der Waals surface area contributed by atoms with Crippen LogP contribution in [0.5, 0.6) is 0 Å². The van der Waals surface area contributed by atoms with Crippen molar-refractivity contribution in [3.63, 3.8) is 0 Å². The molecule has 0 saturated heterocycles. The van der Waals surface area contributed by atoms with Gasteiger partial charge < -0.3 is 5.32 Å². The van der Waals surface area contributed by atoms with Gasteiger partial charge in [-0.25, -0.2) is 9.97 Å². The fourth-order valence-corrected chi connectivity index (χ4v) is 2.98. The summed E-state index contributed by atoms with van der Waals surface area (Å²) >= 11 is 0. The van der Waals surface area contributed by atoms with Crippen LogP contribution >= 0.6 is 0 Å². The summed E-state index contributed by atoms with van der Waals surface area (Å²) in [4.78, 5) is 25.2. The molecule has 0 radical (unpaired) electrons. The minimum atomic E-state index is 0.0849. The van der Waals surface area contributed by atoms with Crippen LogP contribution in [0.1, 0.15) is 25.3 Å². The van der Waals surface area contributed by atoms with Gasteiger partial charge in [0, 0.05) is 23.7 Å². The van der Waals surface area contributed by atoms with Gasteiger partial charge >= 0.3 is 0 Å². The third-order valence-corrected chi connectivity index (χ3v) is 4.44. The summed E-state index contributed by atoms with van der Waals surface area (Å²) in [5.74, 6) is 2.92. The maximum absolute atomic E-state index is 11.6. The van der Waals surface area contributed by atoms with E-state index in [0.717, 1.165) is 23.5 Å². The quantitative estimate of drug-likeness (QED) is 0.911. The molecule has 0 unspecified atom stereocenters. The number of Topliss-reactive ketones (excluding diaryl/α,β-unsaturated/α-hetero) is 1. The van der Waals surface area contributed by atoms with Crippen LogP contribution in [0.3, 0.4) is 0 Å². The van der Waals surface area contributed by atoms with E-state index in [2.05, 4.69) is 26.4 Å². The Morgan fingerprint density at radius 1 is 1.24 bits per heavy atom. The molecule has 4 rings (SSSR count). The molecule has 1 fully saturated rings. The molecule has 1 aliphatic carbocycles. The van der Waals surface area contributed by atoms with E-state index in [1.165, 1.54) is 18.4 Å². The smallest absolute Gasteiger partial charge is 0.161 e. The molecule has 0 bridgehead atoms. The van der Waals surface area contributed by atoms with E-state index in [-0.39, 0.29) is 5.78 Å². The number of carbonyl (C=O) groups excluding carboxylic acids is 1. The van der Waals surface area contributed by atoms with Crippen molar-refractivity contribution in [3.05, 3.63) is 53.7 Å². The number of nitrogens with zero attached hydrogens (tertiary/aromatic N) is 3. The molecule has 5 heteroatoms. The molecule has 1 saturated carbocycles. The average Bonchev–Trinajstić information content (AvgIpc) is 3.36. The third kappa shape index (κ3) is 3.65. The Hall–Kier alpha value is -2.82. The lowest BCUT2D eigenvalue weighted by Crippen LogP contribution is -2.13. The van der Waals surface area contributed by atoms with E-state index in [1.54, 1.807) is 13.1 Å². The van der Waals surface area contributed by atoms with Gasteiger partial charge in [0.05, 0.1) is 6.54 Å². The van der Waals surface area contributed by atoms with E-state index in [9.17, 15) is 4.79 Å². The first-order valence-electron chi connectivity index (χ1n) is 8.62. The van der Waals surface area contributed by atoms with Crippen molar-refractivity contribution in [1.29, 1.82) is 0 Å². The zero-order valence-electron chi connectivity index (χ0n) is 14.2. The standard InChI is InChI=1S/C20H20N4O/c1-13(25)9-17-12-22-19(15-5-3-2-4-6-15)24-20(17)23-18-10-16(11-21-18)14-7-8-14/h2-6,10,12,14H,7-9,11H2,1H3,(H,21,22,23,24). The highest BCUT2D eigenvalue weighted by Crippen LogP contribution is 2.37. The molecule has 0 spiro atoms. The molecule has 25 heavy (non-hydrogen) atoms. The summed E-state index contributed by atoms with van der Waals surface area (Å²) in [6.45, 7) is 2.35. The fourth-order valence-electron chi connectivity index (χ4n) is 2.98. The third-order valence-electron chi connectivity index (χ3n) is 4.44. The Bertz CT molecular complexity index is 867. The van der Waals surface area contributed by atoms with Crippen LogP contribution < -0.4 is 5.32 Å². The minimum absolute atomic E-state index is 0.0849. The topological polar surface area (TPSA) is 67.2 Å². The van der Waals surface area contributed by atoms with Crippen molar-refractivity contribution in [2.24, 2.45) is 10.9 Å². The van der Waals surface area contributed by atoms with Crippen LogP contribution in [0, 0.1) is 5.92 Å². The molecular formula is C20H20N4O. The van der Waals surface area contributed by atoms with Crippen molar-refractivity contribution >= 4 is 17.4 Å². The summed E-state index contributed by atoms with van der Waals surface area (Å²) in [5, 5.41) is 3.31. The van der Waals surface area contributed by atoms with E-state index in [1.807, 2.05) is 30.3 Å². The number of amidine groups is 1. The Labute approximate surface area is 146 Å². The minimum Gasteiger partial charge on any atom is -0.325 e. The number of hydrogen-bond acceptors (Lipinski definition) is 5. The van der Waals surface area contributed by atoms with Crippen LogP contribution in [0.4, 0.5) is 5.82 Å². The second kappa shape index (κ2) is 6.59. The highest BCUT2D eigenvalue weighted by atomic mass is 16.1. The molecule has 0 atom stereocenters. The van der Waals surface area contributed by atoms with Crippen molar-refractivity contribution in [2.75, 3.05) is 11.9 Å². The first kappa shape index (κ1) is 15.7. The number of nitrogens with one attached hydrogen (secondary N) is 1. The molecule has 2 heterocycles. The van der Waals surface area contributed by atoms with E-state index < -0.39 is 0 Å². The van der Waals surface area contributed by atoms with E-state index >= 15 is 0 Å². The van der Waals surface area contributed by atoms with Crippen LogP contribution in [0.15, 0.2) is 53.2 Å². The lowest BCUT2D eigenvalue weighted by Gasteiger charge is -2.11. The van der Waals surface area contributed by atoms with Crippen LogP contribution in [-0.2, 0) is 11.2 Å². The van der Waals surface area contributed by atoms with Crippen LogP contribution in [0.25, 0.3) is 11.4 Å². The molecule has 1 aromatic heterocycles. The molecule has 5 nitrogen and oxygen atoms in total. The van der Waals surface area contributed by atoms with Gasteiger partial charge in [-0.15, -0.1) is 0 Å². The van der Waals surface area contributed by atoms with Gasteiger partial charge in [-0.3, -0.25) is 9.79 Å². The molecular weight excluding hydrogens is 312 g/mol. The van der Waals surface area contributed by atoms with Gasteiger partial charge in [-0.2, -0.15) is 0 Å². The highest BCUT2D eigenvalue weighted by Gasteiger charge is 2.28. The first-order valence-corrected chi connectivity index (χ1v) is 8.62. The van der Waals surface area contributed by atoms with Gasteiger partial charge in [0.2, 0.25) is 0 Å². The monoisotopic (exact) mass is 332 g/mol. The van der Waals surface area contributed by atoms with Crippen molar-refractivity contribution < 1.29 is 4.79 Å². The predicted molar refractivity (Wildman–Crippen MR) is 98.6 cm³/mol. The molecule has 1 aromatic carbocycles. The molecule has 0 amide bonds. The SMILES string of the molecule is CC(=O)Cc1cnc(-c2ccccc2)nc1NC1=NCC(C2CC2)=C1. The van der Waals surface area contributed by atoms with E-state index in [4.69, 9.17) is 0 Å². The van der Waals surface area contributed by atoms with Crippen molar-refractivity contribution in [1.82, 2.24) is 9.97 Å². The summed E-state index contributed by atoms with van der Waals surface area (Å²) in [5.41, 5.74) is 3.14. The van der Waals surface area contributed by atoms with Crippen LogP contribution in [-0.4, -0.2) is 28.1 Å². The number of carbonyl (C=O) groups is 1. The first-order chi connectivity index (χ1) is 12.2. The number of aromatic nitrogens is 2. The second-order valence-electron chi connectivity index (χ2n) is 6.63. The van der Waals surface area contributed by atoms with E-state index in [0.29, 0.717) is 24.0 Å². The summed E-state index contributed by atoms with van der Waals surface area (Å²) in [6.07, 6.45) is 6.72. The number of ketones is 1.